The van der Waals surface area contributed by atoms with Crippen molar-refractivity contribution < 1.29 is 9.13 Å². The maximum Gasteiger partial charge on any atom is 0.190 e. The van der Waals surface area contributed by atoms with Crippen LogP contribution in [0, 0.1) is 5.82 Å². The fraction of sp³-hybridized carbons (Fsp3) is 0.286. The number of aromatic nitrogens is 1. The molecule has 0 radical (unpaired) electrons. The van der Waals surface area contributed by atoms with E-state index < -0.39 is 0 Å². The molecule has 0 amide bonds. The van der Waals surface area contributed by atoms with E-state index in [-0.39, 0.29) is 11.6 Å². The highest BCUT2D eigenvalue weighted by Gasteiger charge is 2.11. The van der Waals surface area contributed by atoms with Gasteiger partial charge in [-0.15, -0.1) is 11.3 Å². The van der Waals surface area contributed by atoms with Crippen molar-refractivity contribution in [2.24, 2.45) is 4.99 Å². The van der Waals surface area contributed by atoms with E-state index in [2.05, 4.69) is 23.6 Å². The summed E-state index contributed by atoms with van der Waals surface area (Å²) >= 11 is 1.57. The Balaban J connectivity index is 2.03. The lowest BCUT2D eigenvalue weighted by molar-refractivity contribution is 0.385. The predicted molar refractivity (Wildman–Crippen MR) is 109 cm³/mol. The number of halogens is 1. The van der Waals surface area contributed by atoms with Crippen LogP contribution in [-0.4, -0.2) is 37.2 Å². The van der Waals surface area contributed by atoms with E-state index >= 15 is 0 Å². The highest BCUT2D eigenvalue weighted by Crippen LogP contribution is 2.26. The summed E-state index contributed by atoms with van der Waals surface area (Å²) in [4.78, 5) is 7.86. The highest BCUT2D eigenvalue weighted by atomic mass is 32.1. The van der Waals surface area contributed by atoms with Crippen molar-refractivity contribution in [1.82, 2.24) is 9.47 Å². The fourth-order valence-corrected chi connectivity index (χ4v) is 3.80. The molecule has 0 bridgehead atoms. The van der Waals surface area contributed by atoms with Gasteiger partial charge in [-0.25, -0.2) is 9.38 Å². The van der Waals surface area contributed by atoms with Gasteiger partial charge < -0.3 is 14.2 Å². The highest BCUT2D eigenvalue weighted by molar-refractivity contribution is 7.07. The number of rotatable bonds is 7. The zero-order valence-corrected chi connectivity index (χ0v) is 16.7. The number of para-hydroxylation sites is 1. The first-order chi connectivity index (χ1) is 13.1. The lowest BCUT2D eigenvalue weighted by Crippen LogP contribution is -2.20. The van der Waals surface area contributed by atoms with Crippen molar-refractivity contribution >= 4 is 17.0 Å². The van der Waals surface area contributed by atoms with Crippen molar-refractivity contribution in [2.75, 3.05) is 27.7 Å². The molecule has 0 aliphatic heterocycles. The smallest absolute Gasteiger partial charge is 0.190 e. The standard InChI is InChI=1S/C21H24FN3OS/c1-24(2)12-7-13-25-19(16-10-11-20(26-3)18(22)14-16)15-27-21(25)23-17-8-5-4-6-9-17/h4-6,8-11,14-15H,7,12-13H2,1-3H3. The van der Waals surface area contributed by atoms with Crippen molar-refractivity contribution in [3.8, 4) is 17.0 Å². The van der Waals surface area contributed by atoms with Crippen LogP contribution in [0.25, 0.3) is 11.3 Å². The Hall–Kier alpha value is -2.44. The average Bonchev–Trinajstić information content (AvgIpc) is 3.05. The van der Waals surface area contributed by atoms with Crippen LogP contribution >= 0.6 is 11.3 Å². The number of thiazole rings is 1. The maximum atomic E-state index is 14.2. The van der Waals surface area contributed by atoms with E-state index in [1.165, 1.54) is 13.2 Å². The first-order valence-electron chi connectivity index (χ1n) is 8.85. The summed E-state index contributed by atoms with van der Waals surface area (Å²) in [6.45, 7) is 1.79. The molecule has 0 aliphatic carbocycles. The van der Waals surface area contributed by atoms with Gasteiger partial charge in [-0.05, 0) is 57.4 Å². The van der Waals surface area contributed by atoms with Crippen LogP contribution in [0.15, 0.2) is 58.9 Å². The first kappa shape index (κ1) is 19.3. The first-order valence-corrected chi connectivity index (χ1v) is 9.73. The summed E-state index contributed by atoms with van der Waals surface area (Å²) in [7, 11) is 5.60. The van der Waals surface area contributed by atoms with Crippen LogP contribution in [0.1, 0.15) is 6.42 Å². The molecule has 6 heteroatoms. The third-order valence-corrected chi connectivity index (χ3v) is 5.08. The van der Waals surface area contributed by atoms with Crippen LogP contribution in [0.3, 0.4) is 0 Å². The Labute approximate surface area is 163 Å². The third-order valence-electron chi connectivity index (χ3n) is 4.21. The minimum atomic E-state index is -0.359. The average molecular weight is 386 g/mol. The summed E-state index contributed by atoms with van der Waals surface area (Å²) in [5.74, 6) is -0.107. The van der Waals surface area contributed by atoms with Gasteiger partial charge in [0.05, 0.1) is 18.5 Å². The summed E-state index contributed by atoms with van der Waals surface area (Å²) in [5.41, 5.74) is 2.70. The van der Waals surface area contributed by atoms with Crippen LogP contribution in [0.2, 0.25) is 0 Å². The minimum absolute atomic E-state index is 0.252. The maximum absolute atomic E-state index is 14.2. The Kier molecular flexibility index (Phi) is 6.42. The lowest BCUT2D eigenvalue weighted by atomic mass is 10.1. The number of hydrogen-bond acceptors (Lipinski definition) is 4. The predicted octanol–water partition coefficient (Wildman–Crippen LogP) is 4.55. The SMILES string of the molecule is COc1ccc(-c2csc(=Nc3ccccc3)n2CCCN(C)C)cc1F. The Morgan fingerprint density at radius 1 is 1.15 bits per heavy atom. The molecule has 2 aromatic carbocycles. The Morgan fingerprint density at radius 2 is 1.93 bits per heavy atom. The van der Waals surface area contributed by atoms with Crippen LogP contribution < -0.4 is 9.54 Å². The van der Waals surface area contributed by atoms with Gasteiger partial charge in [0.1, 0.15) is 0 Å². The third kappa shape index (κ3) is 4.84. The summed E-state index contributed by atoms with van der Waals surface area (Å²) in [6, 6.07) is 15.0. The van der Waals surface area contributed by atoms with Crippen molar-refractivity contribution in [3.05, 3.63) is 64.5 Å². The molecule has 0 unspecified atom stereocenters. The molecule has 0 N–H and O–H groups in total. The molecule has 0 spiro atoms. The fourth-order valence-electron chi connectivity index (χ4n) is 2.85. The van der Waals surface area contributed by atoms with Crippen molar-refractivity contribution in [3.63, 3.8) is 0 Å². The van der Waals surface area contributed by atoms with E-state index in [4.69, 9.17) is 9.73 Å². The van der Waals surface area contributed by atoms with Gasteiger partial charge in [-0.1, -0.05) is 18.2 Å². The largest absolute Gasteiger partial charge is 0.494 e. The molecule has 3 rings (SSSR count). The molecule has 0 saturated carbocycles. The molecule has 0 atom stereocenters. The minimum Gasteiger partial charge on any atom is -0.494 e. The molecule has 27 heavy (non-hydrogen) atoms. The van der Waals surface area contributed by atoms with E-state index in [0.717, 1.165) is 41.3 Å². The summed E-state index contributed by atoms with van der Waals surface area (Å²) < 4.78 is 21.4. The van der Waals surface area contributed by atoms with Gasteiger partial charge in [0, 0.05) is 17.5 Å². The van der Waals surface area contributed by atoms with E-state index in [0.29, 0.717) is 0 Å². The second kappa shape index (κ2) is 8.97. The number of hydrogen-bond donors (Lipinski definition) is 0. The van der Waals surface area contributed by atoms with Gasteiger partial charge in [0.25, 0.3) is 0 Å². The molecule has 1 aromatic heterocycles. The topological polar surface area (TPSA) is 29.8 Å². The molecular weight excluding hydrogens is 361 g/mol. The number of benzene rings is 2. The van der Waals surface area contributed by atoms with Gasteiger partial charge in [0.15, 0.2) is 16.4 Å². The van der Waals surface area contributed by atoms with Crippen LogP contribution in [0.5, 0.6) is 5.75 Å². The van der Waals surface area contributed by atoms with Crippen LogP contribution in [0.4, 0.5) is 10.1 Å². The molecule has 142 valence electrons. The molecule has 0 saturated heterocycles. The Morgan fingerprint density at radius 3 is 2.59 bits per heavy atom. The summed E-state index contributed by atoms with van der Waals surface area (Å²) in [5, 5.41) is 2.04. The molecule has 0 fully saturated rings. The normalized spacial score (nSPS) is 12.0. The lowest BCUT2D eigenvalue weighted by Gasteiger charge is -2.13. The zero-order chi connectivity index (χ0) is 19.2. The number of ether oxygens (including phenoxy) is 1. The quantitative estimate of drug-likeness (QED) is 0.597. The van der Waals surface area contributed by atoms with Gasteiger partial charge in [-0.3, -0.25) is 0 Å². The second-order valence-electron chi connectivity index (χ2n) is 6.51. The summed E-state index contributed by atoms with van der Waals surface area (Å²) in [6.07, 6.45) is 0.983. The van der Waals surface area contributed by atoms with Crippen LogP contribution in [-0.2, 0) is 6.54 Å². The van der Waals surface area contributed by atoms with Crippen molar-refractivity contribution in [1.29, 1.82) is 0 Å². The number of methoxy groups -OCH3 is 1. The molecule has 1 heterocycles. The molecule has 4 nitrogen and oxygen atoms in total. The molecule has 3 aromatic rings. The second-order valence-corrected chi connectivity index (χ2v) is 7.35. The van der Waals surface area contributed by atoms with Gasteiger partial charge >= 0.3 is 0 Å². The monoisotopic (exact) mass is 385 g/mol. The van der Waals surface area contributed by atoms with E-state index in [1.54, 1.807) is 17.4 Å². The zero-order valence-electron chi connectivity index (χ0n) is 15.9. The van der Waals surface area contributed by atoms with E-state index in [1.807, 2.05) is 41.8 Å². The van der Waals surface area contributed by atoms with E-state index in [9.17, 15) is 4.39 Å². The Bertz CT molecular complexity index is 948. The molecular formula is C21H24FN3OS. The number of nitrogens with zero attached hydrogens (tertiary/aromatic N) is 3. The van der Waals surface area contributed by atoms with Crippen molar-refractivity contribution in [2.45, 2.75) is 13.0 Å². The van der Waals surface area contributed by atoms with Gasteiger partial charge in [0.2, 0.25) is 0 Å². The van der Waals surface area contributed by atoms with Gasteiger partial charge in [-0.2, -0.15) is 0 Å². The molecule has 0 aliphatic rings.